The maximum Gasteiger partial charge on any atom is 0.255 e. The van der Waals surface area contributed by atoms with Crippen LogP contribution in [0.2, 0.25) is 0 Å². The molecule has 5 nitrogen and oxygen atoms in total. The number of nitrogens with one attached hydrogen (secondary N) is 2. The number of pyridine rings is 1. The van der Waals surface area contributed by atoms with Gasteiger partial charge >= 0.3 is 0 Å². The van der Waals surface area contributed by atoms with Gasteiger partial charge in [-0.2, -0.15) is 0 Å². The Morgan fingerprint density at radius 2 is 2.47 bits per heavy atom. The Labute approximate surface area is 113 Å². The van der Waals surface area contributed by atoms with Crippen molar-refractivity contribution in [3.05, 3.63) is 24.0 Å². The second-order valence-corrected chi connectivity index (χ2v) is 4.94. The molecule has 0 aliphatic carbocycles. The molecule has 1 aliphatic heterocycles. The maximum absolute atomic E-state index is 12.2. The summed E-state index contributed by atoms with van der Waals surface area (Å²) in [4.78, 5) is 16.2. The van der Waals surface area contributed by atoms with Crippen LogP contribution in [0, 0.1) is 5.92 Å². The zero-order chi connectivity index (χ0) is 13.7. The second kappa shape index (κ2) is 6.52. The standard InChI is InChI=1S/C14H21N3O2/c1-10(11-4-3-6-15-8-11)17-14(18)12-5-7-16-9-13(12)19-2/h5,7,9-11,15H,3-4,6,8H2,1-2H3,(H,17,18). The molecule has 1 fully saturated rings. The van der Waals surface area contributed by atoms with Crippen molar-refractivity contribution < 1.29 is 9.53 Å². The molecule has 0 aromatic carbocycles. The molecule has 0 radical (unpaired) electrons. The SMILES string of the molecule is COc1cnccc1C(=O)NC(C)C1CCCNC1. The van der Waals surface area contributed by atoms with Crippen LogP contribution in [0.1, 0.15) is 30.1 Å². The maximum atomic E-state index is 12.2. The highest BCUT2D eigenvalue weighted by atomic mass is 16.5. The van der Waals surface area contributed by atoms with E-state index in [-0.39, 0.29) is 11.9 Å². The van der Waals surface area contributed by atoms with Gasteiger partial charge in [-0.05, 0) is 44.8 Å². The quantitative estimate of drug-likeness (QED) is 0.857. The van der Waals surface area contributed by atoms with Gasteiger partial charge in [0.1, 0.15) is 5.75 Å². The molecule has 0 saturated carbocycles. The van der Waals surface area contributed by atoms with E-state index in [9.17, 15) is 4.79 Å². The number of hydrogen-bond donors (Lipinski definition) is 2. The molecular weight excluding hydrogens is 242 g/mol. The Balaban J connectivity index is 1.99. The average molecular weight is 263 g/mol. The van der Waals surface area contributed by atoms with Crippen molar-refractivity contribution in [3.8, 4) is 5.75 Å². The van der Waals surface area contributed by atoms with Gasteiger partial charge in [-0.1, -0.05) is 0 Å². The van der Waals surface area contributed by atoms with E-state index in [1.807, 2.05) is 0 Å². The average Bonchev–Trinajstić information content (AvgIpc) is 2.48. The first-order valence-corrected chi connectivity index (χ1v) is 6.72. The molecular formula is C14H21N3O2. The molecule has 2 heterocycles. The summed E-state index contributed by atoms with van der Waals surface area (Å²) in [7, 11) is 1.54. The highest BCUT2D eigenvalue weighted by molar-refractivity contribution is 5.96. The normalized spacial score (nSPS) is 20.6. The fourth-order valence-corrected chi connectivity index (χ4v) is 2.44. The highest BCUT2D eigenvalue weighted by Crippen LogP contribution is 2.18. The van der Waals surface area contributed by atoms with E-state index >= 15 is 0 Å². The summed E-state index contributed by atoms with van der Waals surface area (Å²) in [5.74, 6) is 0.900. The van der Waals surface area contributed by atoms with Gasteiger partial charge in [0.15, 0.2) is 0 Å². The van der Waals surface area contributed by atoms with E-state index in [0.717, 1.165) is 19.5 Å². The minimum absolute atomic E-state index is 0.0997. The first kappa shape index (κ1) is 13.8. The van der Waals surface area contributed by atoms with Gasteiger partial charge in [0.25, 0.3) is 5.91 Å². The number of carbonyl (C=O) groups excluding carboxylic acids is 1. The van der Waals surface area contributed by atoms with E-state index in [1.165, 1.54) is 6.42 Å². The zero-order valence-electron chi connectivity index (χ0n) is 11.5. The van der Waals surface area contributed by atoms with Crippen LogP contribution in [0.15, 0.2) is 18.5 Å². The summed E-state index contributed by atoms with van der Waals surface area (Å²) in [6.07, 6.45) is 5.48. The molecule has 1 aromatic rings. The lowest BCUT2D eigenvalue weighted by atomic mass is 9.92. The van der Waals surface area contributed by atoms with Gasteiger partial charge in [0.05, 0.1) is 18.9 Å². The van der Waals surface area contributed by atoms with Crippen LogP contribution >= 0.6 is 0 Å². The van der Waals surface area contributed by atoms with E-state index in [0.29, 0.717) is 17.2 Å². The number of methoxy groups -OCH3 is 1. The number of piperidine rings is 1. The van der Waals surface area contributed by atoms with Crippen molar-refractivity contribution in [1.82, 2.24) is 15.6 Å². The van der Waals surface area contributed by atoms with Crippen LogP contribution in [-0.2, 0) is 0 Å². The Morgan fingerprint density at radius 3 is 3.16 bits per heavy atom. The van der Waals surface area contributed by atoms with Crippen molar-refractivity contribution in [1.29, 1.82) is 0 Å². The lowest BCUT2D eigenvalue weighted by Crippen LogP contribution is -2.44. The second-order valence-electron chi connectivity index (χ2n) is 4.94. The van der Waals surface area contributed by atoms with Gasteiger partial charge in [0, 0.05) is 12.2 Å². The molecule has 1 aromatic heterocycles. The largest absolute Gasteiger partial charge is 0.494 e. The molecule has 1 aliphatic rings. The Bertz CT molecular complexity index is 430. The van der Waals surface area contributed by atoms with Crippen LogP contribution in [0.4, 0.5) is 0 Å². The summed E-state index contributed by atoms with van der Waals surface area (Å²) in [6, 6.07) is 1.83. The number of aromatic nitrogens is 1. The van der Waals surface area contributed by atoms with Crippen LogP contribution in [0.25, 0.3) is 0 Å². The van der Waals surface area contributed by atoms with Crippen molar-refractivity contribution in [2.24, 2.45) is 5.92 Å². The molecule has 1 saturated heterocycles. The lowest BCUT2D eigenvalue weighted by molar-refractivity contribution is 0.0918. The van der Waals surface area contributed by atoms with Gasteiger partial charge in [0.2, 0.25) is 0 Å². The molecule has 0 spiro atoms. The molecule has 1 amide bonds. The molecule has 104 valence electrons. The Kier molecular flexibility index (Phi) is 4.74. The summed E-state index contributed by atoms with van der Waals surface area (Å²) >= 11 is 0. The Hall–Kier alpha value is -1.62. The van der Waals surface area contributed by atoms with Crippen molar-refractivity contribution >= 4 is 5.91 Å². The van der Waals surface area contributed by atoms with E-state index in [1.54, 1.807) is 25.6 Å². The molecule has 2 N–H and O–H groups in total. The third-order valence-corrected chi connectivity index (χ3v) is 3.65. The molecule has 2 atom stereocenters. The molecule has 19 heavy (non-hydrogen) atoms. The van der Waals surface area contributed by atoms with Crippen molar-refractivity contribution in [2.45, 2.75) is 25.8 Å². The predicted molar refractivity (Wildman–Crippen MR) is 73.3 cm³/mol. The first-order valence-electron chi connectivity index (χ1n) is 6.72. The Morgan fingerprint density at radius 1 is 1.63 bits per heavy atom. The fourth-order valence-electron chi connectivity index (χ4n) is 2.44. The van der Waals surface area contributed by atoms with Crippen LogP contribution in [0.3, 0.4) is 0 Å². The van der Waals surface area contributed by atoms with Gasteiger partial charge in [-0.25, -0.2) is 0 Å². The van der Waals surface area contributed by atoms with Crippen molar-refractivity contribution in [2.75, 3.05) is 20.2 Å². The summed E-state index contributed by atoms with van der Waals surface area (Å²) < 4.78 is 5.16. The molecule has 2 unspecified atom stereocenters. The van der Waals surface area contributed by atoms with Gasteiger partial charge in [-0.15, -0.1) is 0 Å². The minimum Gasteiger partial charge on any atom is -0.494 e. The van der Waals surface area contributed by atoms with E-state index in [2.05, 4.69) is 22.5 Å². The predicted octanol–water partition coefficient (Wildman–Crippen LogP) is 1.21. The topological polar surface area (TPSA) is 63.2 Å². The molecule has 0 bridgehead atoms. The highest BCUT2D eigenvalue weighted by Gasteiger charge is 2.22. The number of hydrogen-bond acceptors (Lipinski definition) is 4. The number of amides is 1. The number of nitrogens with zero attached hydrogens (tertiary/aromatic N) is 1. The van der Waals surface area contributed by atoms with Crippen LogP contribution in [-0.4, -0.2) is 37.1 Å². The summed E-state index contributed by atoms with van der Waals surface area (Å²) in [5, 5.41) is 6.42. The third-order valence-electron chi connectivity index (χ3n) is 3.65. The lowest BCUT2D eigenvalue weighted by Gasteiger charge is -2.29. The van der Waals surface area contributed by atoms with E-state index < -0.39 is 0 Å². The number of ether oxygens (including phenoxy) is 1. The molecule has 2 rings (SSSR count). The van der Waals surface area contributed by atoms with Crippen LogP contribution in [0.5, 0.6) is 5.75 Å². The molecule has 5 heteroatoms. The number of rotatable bonds is 4. The minimum atomic E-state index is -0.0997. The van der Waals surface area contributed by atoms with Gasteiger partial charge in [-0.3, -0.25) is 9.78 Å². The van der Waals surface area contributed by atoms with Crippen LogP contribution < -0.4 is 15.4 Å². The first-order chi connectivity index (χ1) is 9.22. The summed E-state index contributed by atoms with van der Waals surface area (Å²) in [5.41, 5.74) is 0.535. The monoisotopic (exact) mass is 263 g/mol. The third kappa shape index (κ3) is 3.44. The van der Waals surface area contributed by atoms with Crippen molar-refractivity contribution in [3.63, 3.8) is 0 Å². The fraction of sp³-hybridized carbons (Fsp3) is 0.571. The summed E-state index contributed by atoms with van der Waals surface area (Å²) in [6.45, 7) is 4.10. The van der Waals surface area contributed by atoms with Gasteiger partial charge < -0.3 is 15.4 Å². The smallest absolute Gasteiger partial charge is 0.255 e. The zero-order valence-corrected chi connectivity index (χ0v) is 11.5. The van der Waals surface area contributed by atoms with E-state index in [4.69, 9.17) is 4.74 Å². The number of carbonyl (C=O) groups is 1.